The van der Waals surface area contributed by atoms with Gasteiger partial charge in [0.25, 0.3) is 5.91 Å². The minimum atomic E-state index is -0.00836. The molecule has 0 aromatic heterocycles. The minimum Gasteiger partial charge on any atom is -0.384 e. The fourth-order valence-electron chi connectivity index (χ4n) is 3.05. The van der Waals surface area contributed by atoms with E-state index in [1.54, 1.807) is 6.92 Å². The standard InChI is InChI=1S/C16H21N3O2/c1-11(20)19-8-5-14(6-9-19)18-16(21)13-2-3-15-12(10-13)4-7-17-15/h2-3,10,14,17H,4-9H2,1H3,(H,18,21). The number of anilines is 1. The minimum absolute atomic E-state index is 0.00836. The maximum atomic E-state index is 12.3. The zero-order chi connectivity index (χ0) is 14.8. The smallest absolute Gasteiger partial charge is 0.251 e. The fourth-order valence-corrected chi connectivity index (χ4v) is 3.05. The third-order valence-corrected chi connectivity index (χ3v) is 4.35. The molecule has 1 aromatic carbocycles. The van der Waals surface area contributed by atoms with Crippen LogP contribution in [0.4, 0.5) is 5.69 Å². The summed E-state index contributed by atoms with van der Waals surface area (Å²) in [5, 5.41) is 6.38. The second kappa shape index (κ2) is 5.76. The van der Waals surface area contributed by atoms with Crippen LogP contribution in [-0.4, -0.2) is 42.4 Å². The Hall–Kier alpha value is -2.04. The number of carbonyl (C=O) groups is 2. The van der Waals surface area contributed by atoms with Crippen molar-refractivity contribution in [1.82, 2.24) is 10.2 Å². The first-order valence-electron chi connectivity index (χ1n) is 7.56. The van der Waals surface area contributed by atoms with Gasteiger partial charge in [-0.15, -0.1) is 0 Å². The van der Waals surface area contributed by atoms with Crippen molar-refractivity contribution in [2.24, 2.45) is 0 Å². The van der Waals surface area contributed by atoms with Crippen molar-refractivity contribution < 1.29 is 9.59 Å². The van der Waals surface area contributed by atoms with Gasteiger partial charge in [0.2, 0.25) is 5.91 Å². The van der Waals surface area contributed by atoms with E-state index in [1.807, 2.05) is 23.1 Å². The maximum absolute atomic E-state index is 12.3. The van der Waals surface area contributed by atoms with Crippen LogP contribution in [0.15, 0.2) is 18.2 Å². The Morgan fingerprint density at radius 3 is 2.76 bits per heavy atom. The summed E-state index contributed by atoms with van der Waals surface area (Å²) in [6, 6.07) is 6.00. The van der Waals surface area contributed by atoms with Crippen molar-refractivity contribution in [1.29, 1.82) is 0 Å². The first kappa shape index (κ1) is 13.9. The molecular weight excluding hydrogens is 266 g/mol. The van der Waals surface area contributed by atoms with Crippen molar-refractivity contribution in [3.63, 3.8) is 0 Å². The maximum Gasteiger partial charge on any atom is 0.251 e. The molecule has 1 fully saturated rings. The number of benzene rings is 1. The monoisotopic (exact) mass is 287 g/mol. The lowest BCUT2D eigenvalue weighted by Crippen LogP contribution is -2.46. The van der Waals surface area contributed by atoms with E-state index in [0.29, 0.717) is 0 Å². The van der Waals surface area contributed by atoms with Gasteiger partial charge in [-0.1, -0.05) is 0 Å². The van der Waals surface area contributed by atoms with Gasteiger partial charge in [-0.3, -0.25) is 9.59 Å². The summed E-state index contributed by atoms with van der Waals surface area (Å²) in [6.45, 7) is 4.00. The molecule has 2 aliphatic rings. The van der Waals surface area contributed by atoms with Crippen LogP contribution in [0.25, 0.3) is 0 Å². The fraction of sp³-hybridized carbons (Fsp3) is 0.500. The van der Waals surface area contributed by atoms with Gasteiger partial charge in [-0.05, 0) is 43.0 Å². The number of piperidine rings is 1. The summed E-state index contributed by atoms with van der Waals surface area (Å²) in [5.74, 6) is 0.108. The number of nitrogens with one attached hydrogen (secondary N) is 2. The third-order valence-electron chi connectivity index (χ3n) is 4.35. The number of nitrogens with zero attached hydrogens (tertiary/aromatic N) is 1. The first-order chi connectivity index (χ1) is 10.1. The van der Waals surface area contributed by atoms with Crippen molar-refractivity contribution in [3.05, 3.63) is 29.3 Å². The molecule has 112 valence electrons. The number of amides is 2. The lowest BCUT2D eigenvalue weighted by Gasteiger charge is -2.31. The highest BCUT2D eigenvalue weighted by atomic mass is 16.2. The Labute approximate surface area is 124 Å². The molecule has 5 heteroatoms. The zero-order valence-electron chi connectivity index (χ0n) is 12.3. The van der Waals surface area contributed by atoms with Gasteiger partial charge in [-0.2, -0.15) is 0 Å². The molecule has 3 rings (SSSR count). The predicted molar refractivity (Wildman–Crippen MR) is 81.4 cm³/mol. The largest absolute Gasteiger partial charge is 0.384 e. The Bertz CT molecular complexity index is 563. The molecule has 5 nitrogen and oxygen atoms in total. The molecule has 21 heavy (non-hydrogen) atoms. The highest BCUT2D eigenvalue weighted by Crippen LogP contribution is 2.23. The van der Waals surface area contributed by atoms with Gasteiger partial charge in [-0.25, -0.2) is 0 Å². The van der Waals surface area contributed by atoms with E-state index >= 15 is 0 Å². The summed E-state index contributed by atoms with van der Waals surface area (Å²) in [5.41, 5.74) is 3.09. The highest BCUT2D eigenvalue weighted by molar-refractivity contribution is 5.95. The van der Waals surface area contributed by atoms with E-state index in [9.17, 15) is 9.59 Å². The van der Waals surface area contributed by atoms with Crippen LogP contribution in [0.1, 0.15) is 35.7 Å². The van der Waals surface area contributed by atoms with Gasteiger partial charge >= 0.3 is 0 Å². The van der Waals surface area contributed by atoms with E-state index in [-0.39, 0.29) is 17.9 Å². The molecule has 0 atom stereocenters. The lowest BCUT2D eigenvalue weighted by atomic mass is 10.0. The second-order valence-electron chi connectivity index (χ2n) is 5.80. The first-order valence-corrected chi connectivity index (χ1v) is 7.56. The molecule has 2 amide bonds. The topological polar surface area (TPSA) is 61.4 Å². The van der Waals surface area contributed by atoms with E-state index in [1.165, 1.54) is 5.56 Å². The van der Waals surface area contributed by atoms with Crippen molar-refractivity contribution in [3.8, 4) is 0 Å². The van der Waals surface area contributed by atoms with Gasteiger partial charge < -0.3 is 15.5 Å². The summed E-state index contributed by atoms with van der Waals surface area (Å²) < 4.78 is 0. The van der Waals surface area contributed by atoms with Crippen LogP contribution in [0, 0.1) is 0 Å². The average molecular weight is 287 g/mol. The Morgan fingerprint density at radius 1 is 1.29 bits per heavy atom. The molecule has 0 aliphatic carbocycles. The summed E-state index contributed by atoms with van der Waals surface area (Å²) in [4.78, 5) is 25.4. The molecule has 1 saturated heterocycles. The van der Waals surface area contributed by atoms with Gasteiger partial charge in [0.1, 0.15) is 0 Å². The Balaban J connectivity index is 1.58. The lowest BCUT2D eigenvalue weighted by molar-refractivity contribution is -0.129. The predicted octanol–water partition coefficient (Wildman–Crippen LogP) is 1.40. The molecule has 0 bridgehead atoms. The van der Waals surface area contributed by atoms with E-state index < -0.39 is 0 Å². The molecule has 0 radical (unpaired) electrons. The van der Waals surface area contributed by atoms with Gasteiger partial charge in [0.15, 0.2) is 0 Å². The third kappa shape index (κ3) is 3.01. The molecule has 0 saturated carbocycles. The van der Waals surface area contributed by atoms with Crippen LogP contribution in [0.3, 0.4) is 0 Å². The molecule has 1 aromatic rings. The number of carbonyl (C=O) groups excluding carboxylic acids is 2. The molecular formula is C16H21N3O2. The molecule has 0 unspecified atom stereocenters. The molecule has 2 heterocycles. The highest BCUT2D eigenvalue weighted by Gasteiger charge is 2.22. The zero-order valence-corrected chi connectivity index (χ0v) is 12.3. The average Bonchev–Trinajstić information content (AvgIpc) is 2.95. The van der Waals surface area contributed by atoms with Gasteiger partial charge in [0, 0.05) is 43.9 Å². The number of rotatable bonds is 2. The summed E-state index contributed by atoms with van der Waals surface area (Å²) >= 11 is 0. The van der Waals surface area contributed by atoms with Crippen LogP contribution in [0.5, 0.6) is 0 Å². The molecule has 0 spiro atoms. The van der Waals surface area contributed by atoms with Crippen LogP contribution in [-0.2, 0) is 11.2 Å². The molecule has 2 N–H and O–H groups in total. The number of hydrogen-bond acceptors (Lipinski definition) is 3. The van der Waals surface area contributed by atoms with Crippen molar-refractivity contribution >= 4 is 17.5 Å². The molecule has 2 aliphatic heterocycles. The van der Waals surface area contributed by atoms with Crippen molar-refractivity contribution in [2.45, 2.75) is 32.2 Å². The summed E-state index contributed by atoms with van der Waals surface area (Å²) in [6.07, 6.45) is 2.64. The van der Waals surface area contributed by atoms with Crippen LogP contribution < -0.4 is 10.6 Å². The van der Waals surface area contributed by atoms with E-state index in [2.05, 4.69) is 10.6 Å². The normalized spacial score (nSPS) is 18.0. The van der Waals surface area contributed by atoms with Crippen LogP contribution >= 0.6 is 0 Å². The number of likely N-dealkylation sites (tertiary alicyclic amines) is 1. The Morgan fingerprint density at radius 2 is 2.05 bits per heavy atom. The number of fused-ring (bicyclic) bond motifs is 1. The Kier molecular flexibility index (Phi) is 3.82. The SMILES string of the molecule is CC(=O)N1CCC(NC(=O)c2ccc3c(c2)CCN3)CC1. The number of hydrogen-bond donors (Lipinski definition) is 2. The quantitative estimate of drug-likeness (QED) is 0.864. The van der Waals surface area contributed by atoms with Crippen molar-refractivity contribution in [2.75, 3.05) is 25.0 Å². The van der Waals surface area contributed by atoms with Crippen LogP contribution in [0.2, 0.25) is 0 Å². The van der Waals surface area contributed by atoms with E-state index in [0.717, 1.165) is 50.1 Å². The van der Waals surface area contributed by atoms with Gasteiger partial charge in [0.05, 0.1) is 0 Å². The second-order valence-corrected chi connectivity index (χ2v) is 5.80. The van der Waals surface area contributed by atoms with E-state index in [4.69, 9.17) is 0 Å². The summed E-state index contributed by atoms with van der Waals surface area (Å²) in [7, 11) is 0.